The number of halogens is 1. The van der Waals surface area contributed by atoms with Crippen molar-refractivity contribution in [3.05, 3.63) is 22.7 Å². The van der Waals surface area contributed by atoms with Crippen LogP contribution in [0.1, 0.15) is 6.42 Å². The van der Waals surface area contributed by atoms with Crippen LogP contribution >= 0.6 is 15.9 Å². The van der Waals surface area contributed by atoms with Crippen LogP contribution in [0.3, 0.4) is 0 Å². The number of benzene rings is 1. The first-order valence-corrected chi connectivity index (χ1v) is 7.96. The lowest BCUT2D eigenvalue weighted by atomic mass is 10.2. The van der Waals surface area contributed by atoms with E-state index in [1.807, 2.05) is 6.07 Å². The first-order chi connectivity index (χ1) is 8.04. The van der Waals surface area contributed by atoms with Crippen LogP contribution in [0.5, 0.6) is 0 Å². The standard InChI is InChI=1S/C11H15BrN2O2S/c12-9-2-3-11-10(8-9)14(5-1-4-13)6-7-17(11,15)16/h2-3,8H,1,4-7,13H2. The Morgan fingerprint density at radius 1 is 1.41 bits per heavy atom. The molecule has 0 amide bonds. The van der Waals surface area contributed by atoms with Crippen LogP contribution < -0.4 is 10.6 Å². The lowest BCUT2D eigenvalue weighted by Crippen LogP contribution is -2.36. The van der Waals surface area contributed by atoms with E-state index in [1.54, 1.807) is 12.1 Å². The van der Waals surface area contributed by atoms with Gasteiger partial charge in [-0.25, -0.2) is 8.42 Å². The van der Waals surface area contributed by atoms with E-state index in [-0.39, 0.29) is 5.75 Å². The number of hydrogen-bond acceptors (Lipinski definition) is 4. The van der Waals surface area contributed by atoms with Crippen molar-refractivity contribution in [3.63, 3.8) is 0 Å². The average Bonchev–Trinajstić information content (AvgIpc) is 2.28. The summed E-state index contributed by atoms with van der Waals surface area (Å²) in [6.07, 6.45) is 0.867. The van der Waals surface area contributed by atoms with Gasteiger partial charge in [0.05, 0.1) is 16.3 Å². The zero-order chi connectivity index (χ0) is 12.5. The van der Waals surface area contributed by atoms with E-state index < -0.39 is 9.84 Å². The molecule has 0 unspecified atom stereocenters. The van der Waals surface area contributed by atoms with E-state index in [2.05, 4.69) is 20.8 Å². The molecule has 0 saturated heterocycles. The fourth-order valence-electron chi connectivity index (χ4n) is 1.98. The van der Waals surface area contributed by atoms with Gasteiger partial charge < -0.3 is 10.6 Å². The van der Waals surface area contributed by atoms with Crippen LogP contribution in [0.25, 0.3) is 0 Å². The monoisotopic (exact) mass is 318 g/mol. The van der Waals surface area contributed by atoms with Gasteiger partial charge in [0.25, 0.3) is 0 Å². The third-order valence-electron chi connectivity index (χ3n) is 2.86. The summed E-state index contributed by atoms with van der Waals surface area (Å²) >= 11 is 3.38. The molecule has 1 heterocycles. The van der Waals surface area contributed by atoms with Gasteiger partial charge in [-0.2, -0.15) is 0 Å². The topological polar surface area (TPSA) is 63.4 Å². The van der Waals surface area contributed by atoms with Crippen LogP contribution in [0.4, 0.5) is 5.69 Å². The van der Waals surface area contributed by atoms with Gasteiger partial charge in [0, 0.05) is 17.6 Å². The number of sulfone groups is 1. The van der Waals surface area contributed by atoms with E-state index in [0.717, 1.165) is 23.1 Å². The zero-order valence-electron chi connectivity index (χ0n) is 9.39. The molecule has 4 nitrogen and oxygen atoms in total. The number of fused-ring (bicyclic) bond motifs is 1. The van der Waals surface area contributed by atoms with E-state index in [1.165, 1.54) is 0 Å². The number of hydrogen-bond donors (Lipinski definition) is 1. The quantitative estimate of drug-likeness (QED) is 0.914. The largest absolute Gasteiger partial charge is 0.369 e. The lowest BCUT2D eigenvalue weighted by molar-refractivity contribution is 0.588. The highest BCUT2D eigenvalue weighted by Crippen LogP contribution is 2.32. The molecule has 0 atom stereocenters. The van der Waals surface area contributed by atoms with Crippen molar-refractivity contribution >= 4 is 31.5 Å². The van der Waals surface area contributed by atoms with Crippen LogP contribution in [-0.2, 0) is 9.84 Å². The highest BCUT2D eigenvalue weighted by atomic mass is 79.9. The van der Waals surface area contributed by atoms with Crippen molar-refractivity contribution < 1.29 is 8.42 Å². The van der Waals surface area contributed by atoms with Gasteiger partial charge in [0.15, 0.2) is 9.84 Å². The Labute approximate surface area is 110 Å². The highest BCUT2D eigenvalue weighted by molar-refractivity contribution is 9.10. The zero-order valence-corrected chi connectivity index (χ0v) is 11.8. The molecular weight excluding hydrogens is 304 g/mol. The van der Waals surface area contributed by atoms with E-state index in [9.17, 15) is 8.42 Å². The SMILES string of the molecule is NCCCN1CCS(=O)(=O)c2ccc(Br)cc21. The van der Waals surface area contributed by atoms with E-state index in [0.29, 0.717) is 18.0 Å². The molecule has 0 radical (unpaired) electrons. The summed E-state index contributed by atoms with van der Waals surface area (Å²) in [7, 11) is -3.11. The minimum atomic E-state index is -3.11. The summed E-state index contributed by atoms with van der Waals surface area (Å²) < 4.78 is 24.8. The third-order valence-corrected chi connectivity index (χ3v) is 5.09. The molecule has 0 fully saturated rings. The van der Waals surface area contributed by atoms with Gasteiger partial charge in [-0.05, 0) is 31.2 Å². The first kappa shape index (κ1) is 12.9. The Kier molecular flexibility index (Phi) is 3.75. The summed E-state index contributed by atoms with van der Waals surface area (Å²) in [6, 6.07) is 5.30. The predicted molar refractivity (Wildman–Crippen MR) is 72.1 cm³/mol. The minimum absolute atomic E-state index is 0.187. The van der Waals surface area contributed by atoms with E-state index >= 15 is 0 Å². The first-order valence-electron chi connectivity index (χ1n) is 5.52. The molecule has 1 aromatic rings. The molecule has 2 N–H and O–H groups in total. The molecular formula is C11H15BrN2O2S. The molecule has 1 aromatic carbocycles. The molecule has 1 aliphatic rings. The molecule has 0 aliphatic carbocycles. The smallest absolute Gasteiger partial charge is 0.182 e. The van der Waals surface area contributed by atoms with Crippen LogP contribution in [0.2, 0.25) is 0 Å². The number of rotatable bonds is 3. The summed E-state index contributed by atoms with van der Waals surface area (Å²) in [4.78, 5) is 2.53. The Morgan fingerprint density at radius 2 is 2.18 bits per heavy atom. The second-order valence-corrected chi connectivity index (χ2v) is 7.05. The Bertz CT molecular complexity index is 516. The lowest BCUT2D eigenvalue weighted by Gasteiger charge is -2.31. The maximum absolute atomic E-state index is 11.9. The second kappa shape index (κ2) is 4.96. The van der Waals surface area contributed by atoms with Crippen molar-refractivity contribution in [2.75, 3.05) is 30.3 Å². The number of nitrogens with two attached hydrogens (primary N) is 1. The van der Waals surface area contributed by atoms with Crippen LogP contribution in [-0.4, -0.2) is 33.8 Å². The van der Waals surface area contributed by atoms with Gasteiger partial charge in [0.1, 0.15) is 0 Å². The second-order valence-electron chi connectivity index (χ2n) is 4.06. The fraction of sp³-hybridized carbons (Fsp3) is 0.455. The predicted octanol–water partition coefficient (Wildman–Crippen LogP) is 1.39. The normalized spacial score (nSPS) is 17.9. The van der Waals surface area contributed by atoms with Crippen LogP contribution in [0, 0.1) is 0 Å². The molecule has 0 spiro atoms. The summed E-state index contributed by atoms with van der Waals surface area (Å²) in [6.45, 7) is 1.97. The molecule has 1 aliphatic heterocycles. The van der Waals surface area contributed by atoms with Crippen molar-refractivity contribution in [2.45, 2.75) is 11.3 Å². The molecule has 17 heavy (non-hydrogen) atoms. The third kappa shape index (κ3) is 2.64. The van der Waals surface area contributed by atoms with Gasteiger partial charge in [-0.3, -0.25) is 0 Å². The minimum Gasteiger partial charge on any atom is -0.369 e. The Balaban J connectivity index is 2.42. The molecule has 0 aromatic heterocycles. The number of anilines is 1. The maximum atomic E-state index is 11.9. The van der Waals surface area contributed by atoms with Gasteiger partial charge in [-0.1, -0.05) is 15.9 Å². The van der Waals surface area contributed by atoms with Crippen molar-refractivity contribution in [3.8, 4) is 0 Å². The average molecular weight is 319 g/mol. The summed E-state index contributed by atoms with van der Waals surface area (Å²) in [5.41, 5.74) is 6.29. The fourth-order valence-corrected chi connectivity index (χ4v) is 3.79. The van der Waals surface area contributed by atoms with Gasteiger partial charge in [0.2, 0.25) is 0 Å². The summed E-state index contributed by atoms with van der Waals surface area (Å²) in [5.74, 6) is 0.187. The van der Waals surface area contributed by atoms with Crippen molar-refractivity contribution in [1.29, 1.82) is 0 Å². The molecule has 6 heteroatoms. The number of nitrogens with zero attached hydrogens (tertiary/aromatic N) is 1. The van der Waals surface area contributed by atoms with Gasteiger partial charge >= 0.3 is 0 Å². The summed E-state index contributed by atoms with van der Waals surface area (Å²) in [5, 5.41) is 0. The Hall–Kier alpha value is -0.590. The van der Waals surface area contributed by atoms with E-state index in [4.69, 9.17) is 5.73 Å². The molecule has 94 valence electrons. The van der Waals surface area contributed by atoms with Crippen molar-refractivity contribution in [1.82, 2.24) is 0 Å². The van der Waals surface area contributed by atoms with Crippen LogP contribution in [0.15, 0.2) is 27.6 Å². The molecule has 2 rings (SSSR count). The van der Waals surface area contributed by atoms with Gasteiger partial charge in [-0.15, -0.1) is 0 Å². The maximum Gasteiger partial charge on any atom is 0.182 e. The van der Waals surface area contributed by atoms with Crippen molar-refractivity contribution in [2.24, 2.45) is 5.73 Å². The molecule has 0 bridgehead atoms. The Morgan fingerprint density at radius 3 is 2.88 bits per heavy atom. The molecule has 0 saturated carbocycles. The highest BCUT2D eigenvalue weighted by Gasteiger charge is 2.27.